The van der Waals surface area contributed by atoms with Gasteiger partial charge in [0.05, 0.1) is 18.9 Å². The van der Waals surface area contributed by atoms with Crippen LogP contribution >= 0.6 is 11.6 Å². The number of hydrogen-bond acceptors (Lipinski definition) is 4. The van der Waals surface area contributed by atoms with E-state index in [-0.39, 0.29) is 31.7 Å². The fourth-order valence-corrected chi connectivity index (χ4v) is 2.56. The van der Waals surface area contributed by atoms with Crippen LogP contribution in [-0.2, 0) is 19.6 Å². The van der Waals surface area contributed by atoms with Crippen molar-refractivity contribution in [2.45, 2.75) is 6.10 Å². The summed E-state index contributed by atoms with van der Waals surface area (Å²) in [7, 11) is -3.28. The highest BCUT2D eigenvalue weighted by Gasteiger charge is 2.27. The first-order valence-electron chi connectivity index (χ1n) is 5.97. The van der Waals surface area contributed by atoms with E-state index in [0.29, 0.717) is 10.7 Å². The number of hydrogen-bond donors (Lipinski definition) is 1. The first kappa shape index (κ1) is 15.2. The smallest absolute Gasteiger partial charge is 0.253 e. The predicted molar refractivity (Wildman–Crippen MR) is 76.4 cm³/mol. The quantitative estimate of drug-likeness (QED) is 0.883. The van der Waals surface area contributed by atoms with Gasteiger partial charge in [0.25, 0.3) is 5.91 Å². The van der Waals surface area contributed by atoms with Crippen molar-refractivity contribution in [1.29, 1.82) is 0 Å². The number of carbonyl (C=O) groups is 1. The molecule has 0 saturated carbocycles. The summed E-state index contributed by atoms with van der Waals surface area (Å²) >= 11 is 5.91. The number of benzene rings is 1. The Morgan fingerprint density at radius 2 is 2.25 bits per heavy atom. The van der Waals surface area contributed by atoms with Crippen LogP contribution in [-0.4, -0.2) is 46.4 Å². The number of anilines is 1. The molecular formula is C12H15ClN2O4S. The van der Waals surface area contributed by atoms with E-state index in [0.717, 1.165) is 6.26 Å². The van der Waals surface area contributed by atoms with E-state index < -0.39 is 10.0 Å². The Kier molecular flexibility index (Phi) is 4.64. The maximum Gasteiger partial charge on any atom is 0.253 e. The highest BCUT2D eigenvalue weighted by molar-refractivity contribution is 7.88. The summed E-state index contributed by atoms with van der Waals surface area (Å²) in [6.07, 6.45) is 0.691. The first-order chi connectivity index (χ1) is 9.35. The Morgan fingerprint density at radius 3 is 2.90 bits per heavy atom. The van der Waals surface area contributed by atoms with Crippen LogP contribution in [0.2, 0.25) is 5.02 Å². The summed E-state index contributed by atoms with van der Waals surface area (Å²) in [5, 5.41) is 0.535. The number of ether oxygens (including phenoxy) is 1. The molecule has 0 bridgehead atoms. The highest BCUT2D eigenvalue weighted by atomic mass is 35.5. The number of sulfonamides is 1. The molecule has 6 nitrogen and oxygen atoms in total. The summed E-state index contributed by atoms with van der Waals surface area (Å²) in [5.41, 5.74) is 0.676. The van der Waals surface area contributed by atoms with Gasteiger partial charge >= 0.3 is 0 Å². The predicted octanol–water partition coefficient (Wildman–Crippen LogP) is 0.621. The van der Waals surface area contributed by atoms with Gasteiger partial charge in [-0.3, -0.25) is 4.79 Å². The van der Waals surface area contributed by atoms with Gasteiger partial charge in [-0.05, 0) is 18.2 Å². The van der Waals surface area contributed by atoms with Gasteiger partial charge < -0.3 is 9.64 Å². The van der Waals surface area contributed by atoms with Gasteiger partial charge in [-0.15, -0.1) is 0 Å². The van der Waals surface area contributed by atoms with Crippen molar-refractivity contribution in [2.24, 2.45) is 0 Å². The topological polar surface area (TPSA) is 75.7 Å². The summed E-state index contributed by atoms with van der Waals surface area (Å²) in [6, 6.07) is 6.94. The number of nitrogens with one attached hydrogen (secondary N) is 1. The number of carbonyl (C=O) groups excluding carboxylic acids is 1. The maximum absolute atomic E-state index is 11.9. The minimum absolute atomic E-state index is 0.0807. The summed E-state index contributed by atoms with van der Waals surface area (Å²) in [6.45, 7) is 0.327. The van der Waals surface area contributed by atoms with Crippen LogP contribution in [0.15, 0.2) is 24.3 Å². The third-order valence-corrected chi connectivity index (χ3v) is 3.75. The van der Waals surface area contributed by atoms with Crippen molar-refractivity contribution < 1.29 is 17.9 Å². The monoisotopic (exact) mass is 318 g/mol. The molecule has 8 heteroatoms. The van der Waals surface area contributed by atoms with Crippen LogP contribution in [0, 0.1) is 0 Å². The second kappa shape index (κ2) is 6.09. The highest BCUT2D eigenvalue weighted by Crippen LogP contribution is 2.22. The summed E-state index contributed by atoms with van der Waals surface area (Å²) < 4.78 is 29.8. The van der Waals surface area contributed by atoms with Crippen molar-refractivity contribution in [2.75, 3.05) is 30.9 Å². The molecule has 0 aliphatic carbocycles. The average molecular weight is 319 g/mol. The van der Waals surface area contributed by atoms with Gasteiger partial charge in [-0.25, -0.2) is 13.1 Å². The molecule has 1 aliphatic heterocycles. The van der Waals surface area contributed by atoms with Gasteiger partial charge in [-0.1, -0.05) is 17.7 Å². The van der Waals surface area contributed by atoms with Crippen molar-refractivity contribution in [1.82, 2.24) is 4.72 Å². The molecule has 0 spiro atoms. The second-order valence-electron chi connectivity index (χ2n) is 4.54. The number of rotatable bonds is 4. The minimum Gasteiger partial charge on any atom is -0.365 e. The van der Waals surface area contributed by atoms with Gasteiger partial charge in [0.1, 0.15) is 6.61 Å². The van der Waals surface area contributed by atoms with E-state index in [1.165, 1.54) is 0 Å². The lowest BCUT2D eigenvalue weighted by molar-refractivity contribution is -0.129. The largest absolute Gasteiger partial charge is 0.365 e. The van der Waals surface area contributed by atoms with Crippen LogP contribution in [0.1, 0.15) is 0 Å². The Morgan fingerprint density at radius 1 is 1.50 bits per heavy atom. The molecule has 20 heavy (non-hydrogen) atoms. The fourth-order valence-electron chi connectivity index (χ4n) is 1.89. The summed E-state index contributed by atoms with van der Waals surface area (Å²) in [5.74, 6) is -0.178. The van der Waals surface area contributed by atoms with Gasteiger partial charge in [0.2, 0.25) is 10.0 Å². The van der Waals surface area contributed by atoms with E-state index in [4.69, 9.17) is 16.3 Å². The third-order valence-electron chi connectivity index (χ3n) is 2.82. The molecule has 1 N–H and O–H groups in total. The third kappa shape index (κ3) is 4.17. The Labute approximate surface area is 122 Å². The maximum atomic E-state index is 11.9. The van der Waals surface area contributed by atoms with Gasteiger partial charge in [0, 0.05) is 17.3 Å². The molecule has 1 atom stereocenters. The van der Waals surface area contributed by atoms with Gasteiger partial charge in [-0.2, -0.15) is 0 Å². The number of nitrogens with zero attached hydrogens (tertiary/aromatic N) is 1. The molecular weight excluding hydrogens is 304 g/mol. The molecule has 0 radical (unpaired) electrons. The van der Waals surface area contributed by atoms with E-state index in [2.05, 4.69) is 4.72 Å². The molecule has 1 amide bonds. The zero-order valence-corrected chi connectivity index (χ0v) is 12.4. The lowest BCUT2D eigenvalue weighted by Crippen LogP contribution is -2.50. The van der Waals surface area contributed by atoms with E-state index in [1.807, 2.05) is 0 Å². The molecule has 2 rings (SSSR count). The van der Waals surface area contributed by atoms with E-state index in [9.17, 15) is 13.2 Å². The van der Waals surface area contributed by atoms with Gasteiger partial charge in [0.15, 0.2) is 0 Å². The van der Waals surface area contributed by atoms with E-state index >= 15 is 0 Å². The van der Waals surface area contributed by atoms with Crippen molar-refractivity contribution >= 4 is 33.2 Å². The number of halogens is 1. The average Bonchev–Trinajstić information content (AvgIpc) is 2.37. The second-order valence-corrected chi connectivity index (χ2v) is 6.81. The molecule has 1 heterocycles. The standard InChI is InChI=1S/C12H15ClN2O4S/c1-20(17,18)14-6-11-7-15(12(16)8-19-11)10-4-2-3-9(13)5-10/h2-5,11,14H,6-8H2,1H3. The van der Waals surface area contributed by atoms with Crippen molar-refractivity contribution in [3.63, 3.8) is 0 Å². The lowest BCUT2D eigenvalue weighted by atomic mass is 10.2. The summed E-state index contributed by atoms with van der Waals surface area (Å²) in [4.78, 5) is 13.4. The molecule has 1 aromatic rings. The van der Waals surface area contributed by atoms with Crippen LogP contribution in [0.25, 0.3) is 0 Å². The minimum atomic E-state index is -3.28. The molecule has 1 aliphatic rings. The van der Waals surface area contributed by atoms with E-state index in [1.54, 1.807) is 29.2 Å². The van der Waals surface area contributed by atoms with Crippen molar-refractivity contribution in [3.8, 4) is 0 Å². The van der Waals surface area contributed by atoms with Crippen molar-refractivity contribution in [3.05, 3.63) is 29.3 Å². The Balaban J connectivity index is 2.07. The number of amides is 1. The lowest BCUT2D eigenvalue weighted by Gasteiger charge is -2.32. The Hall–Kier alpha value is -1.15. The number of morpholine rings is 1. The zero-order chi connectivity index (χ0) is 14.8. The van der Waals surface area contributed by atoms with Crippen LogP contribution in [0.4, 0.5) is 5.69 Å². The fraction of sp³-hybridized carbons (Fsp3) is 0.417. The molecule has 1 fully saturated rings. The first-order valence-corrected chi connectivity index (χ1v) is 8.24. The molecule has 1 unspecified atom stereocenters. The molecule has 1 aromatic carbocycles. The normalized spacial score (nSPS) is 20.2. The Bertz CT molecular complexity index is 605. The van der Waals surface area contributed by atoms with Crippen LogP contribution in [0.5, 0.6) is 0 Å². The van der Waals surface area contributed by atoms with Crippen LogP contribution < -0.4 is 9.62 Å². The molecule has 1 saturated heterocycles. The SMILES string of the molecule is CS(=O)(=O)NCC1CN(c2cccc(Cl)c2)C(=O)CO1. The molecule has 110 valence electrons. The van der Waals surface area contributed by atoms with Crippen LogP contribution in [0.3, 0.4) is 0 Å². The molecule has 0 aromatic heterocycles. The zero-order valence-electron chi connectivity index (χ0n) is 10.9.